The third kappa shape index (κ3) is 3.09. The van der Waals surface area contributed by atoms with Gasteiger partial charge in [-0.25, -0.2) is 0 Å². The molecule has 1 aromatic rings. The number of rotatable bonds is 3. The zero-order valence-corrected chi connectivity index (χ0v) is 12.8. The molecule has 4 nitrogen and oxygen atoms in total. The van der Waals surface area contributed by atoms with Crippen molar-refractivity contribution in [2.45, 2.75) is 25.0 Å². The van der Waals surface area contributed by atoms with E-state index in [4.69, 9.17) is 33.7 Å². The van der Waals surface area contributed by atoms with Crippen LogP contribution in [-0.2, 0) is 4.74 Å². The summed E-state index contributed by atoms with van der Waals surface area (Å²) >= 11 is 12.2. The van der Waals surface area contributed by atoms with Gasteiger partial charge >= 0.3 is 0 Å². The second kappa shape index (κ2) is 6.76. The Balaban J connectivity index is 2.24. The van der Waals surface area contributed by atoms with Gasteiger partial charge in [-0.2, -0.15) is 0 Å². The number of nitrogens with zero attached hydrogens (tertiary/aromatic N) is 1. The molecule has 2 atom stereocenters. The van der Waals surface area contributed by atoms with Crippen molar-refractivity contribution in [1.82, 2.24) is 4.90 Å². The van der Waals surface area contributed by atoms with E-state index in [2.05, 4.69) is 0 Å². The number of ether oxygens (including phenoxy) is 1. The van der Waals surface area contributed by atoms with Crippen LogP contribution in [0.5, 0.6) is 0 Å². The average molecular weight is 317 g/mol. The van der Waals surface area contributed by atoms with Gasteiger partial charge in [0.15, 0.2) is 0 Å². The Morgan fingerprint density at radius 2 is 2.10 bits per heavy atom. The molecule has 20 heavy (non-hydrogen) atoms. The van der Waals surface area contributed by atoms with Crippen molar-refractivity contribution in [3.05, 3.63) is 33.8 Å². The predicted octanol–water partition coefficient (Wildman–Crippen LogP) is 2.57. The van der Waals surface area contributed by atoms with Crippen LogP contribution in [0.3, 0.4) is 0 Å². The van der Waals surface area contributed by atoms with Crippen molar-refractivity contribution in [3.8, 4) is 0 Å². The molecule has 1 saturated heterocycles. The highest BCUT2D eigenvalue weighted by Crippen LogP contribution is 2.28. The van der Waals surface area contributed by atoms with Crippen molar-refractivity contribution in [2.24, 2.45) is 5.73 Å². The van der Waals surface area contributed by atoms with E-state index in [0.29, 0.717) is 28.7 Å². The van der Waals surface area contributed by atoms with Gasteiger partial charge in [-0.05, 0) is 25.0 Å². The van der Waals surface area contributed by atoms with Gasteiger partial charge in [0.05, 0.1) is 21.7 Å². The molecule has 0 aliphatic carbocycles. The number of halogens is 2. The van der Waals surface area contributed by atoms with E-state index in [1.807, 2.05) is 0 Å². The Labute approximate surface area is 128 Å². The highest BCUT2D eigenvalue weighted by molar-refractivity contribution is 6.39. The normalized spacial score (nSPS) is 22.9. The maximum Gasteiger partial charge on any atom is 0.257 e. The van der Waals surface area contributed by atoms with Crippen LogP contribution in [0.15, 0.2) is 18.2 Å². The summed E-state index contributed by atoms with van der Waals surface area (Å²) < 4.78 is 5.36. The molecule has 2 rings (SSSR count). The van der Waals surface area contributed by atoms with Gasteiger partial charge < -0.3 is 15.4 Å². The summed E-state index contributed by atoms with van der Waals surface area (Å²) in [6.07, 6.45) is 1.68. The van der Waals surface area contributed by atoms with Crippen LogP contribution in [0.1, 0.15) is 23.2 Å². The van der Waals surface area contributed by atoms with E-state index in [1.54, 1.807) is 30.2 Å². The number of hydrogen-bond donors (Lipinski definition) is 1. The number of carbonyl (C=O) groups excluding carboxylic acids is 1. The maximum atomic E-state index is 12.7. The number of benzene rings is 1. The summed E-state index contributed by atoms with van der Waals surface area (Å²) in [5.41, 5.74) is 6.14. The molecule has 0 saturated carbocycles. The van der Waals surface area contributed by atoms with Crippen molar-refractivity contribution in [3.63, 3.8) is 0 Å². The fourth-order valence-electron chi connectivity index (χ4n) is 2.56. The second-order valence-electron chi connectivity index (χ2n) is 4.87. The summed E-state index contributed by atoms with van der Waals surface area (Å²) in [5, 5.41) is 0.735. The highest BCUT2D eigenvalue weighted by atomic mass is 35.5. The minimum atomic E-state index is -0.161. The fraction of sp³-hybridized carbons (Fsp3) is 0.500. The third-order valence-corrected chi connectivity index (χ3v) is 4.34. The van der Waals surface area contributed by atoms with Gasteiger partial charge in [-0.3, -0.25) is 4.79 Å². The van der Waals surface area contributed by atoms with Gasteiger partial charge in [0.2, 0.25) is 0 Å². The standard InChI is InChI=1S/C14H18Cl2N2O2/c1-20-10-5-6-18(9(7-10)8-17)14(19)13-11(15)3-2-4-12(13)16/h2-4,9-10H,5-8,17H2,1H3. The number of piperidine rings is 1. The van der Waals surface area contributed by atoms with E-state index >= 15 is 0 Å². The molecule has 2 unspecified atom stereocenters. The number of amides is 1. The molecule has 1 amide bonds. The first kappa shape index (κ1) is 15.6. The largest absolute Gasteiger partial charge is 0.381 e. The zero-order valence-electron chi connectivity index (χ0n) is 11.3. The van der Waals surface area contributed by atoms with Crippen LogP contribution in [0, 0.1) is 0 Å². The van der Waals surface area contributed by atoms with E-state index < -0.39 is 0 Å². The Morgan fingerprint density at radius 3 is 2.65 bits per heavy atom. The molecule has 1 aliphatic rings. The first-order chi connectivity index (χ1) is 9.58. The molecule has 2 N–H and O–H groups in total. The number of methoxy groups -OCH3 is 1. The quantitative estimate of drug-likeness (QED) is 0.932. The van der Waals surface area contributed by atoms with E-state index in [9.17, 15) is 4.79 Å². The first-order valence-electron chi connectivity index (χ1n) is 6.56. The van der Waals surface area contributed by atoms with Crippen molar-refractivity contribution in [2.75, 3.05) is 20.2 Å². The number of hydrogen-bond acceptors (Lipinski definition) is 3. The number of likely N-dealkylation sites (tertiary alicyclic amines) is 1. The molecule has 1 aromatic carbocycles. The molecule has 0 aromatic heterocycles. The predicted molar refractivity (Wildman–Crippen MR) is 80.4 cm³/mol. The number of carbonyl (C=O) groups is 1. The molecule has 110 valence electrons. The summed E-state index contributed by atoms with van der Waals surface area (Å²) in [5.74, 6) is -0.161. The van der Waals surface area contributed by atoms with Gasteiger partial charge in [0.25, 0.3) is 5.91 Å². The van der Waals surface area contributed by atoms with Gasteiger partial charge in [-0.1, -0.05) is 29.3 Å². The third-order valence-electron chi connectivity index (χ3n) is 3.71. The molecule has 0 bridgehead atoms. The van der Waals surface area contributed by atoms with Gasteiger partial charge in [0, 0.05) is 26.2 Å². The lowest BCUT2D eigenvalue weighted by atomic mass is 9.98. The van der Waals surface area contributed by atoms with Gasteiger partial charge in [0.1, 0.15) is 0 Å². The molecule has 1 fully saturated rings. The maximum absolute atomic E-state index is 12.7. The Kier molecular flexibility index (Phi) is 5.27. The molecule has 6 heteroatoms. The minimum absolute atomic E-state index is 0.0476. The van der Waals surface area contributed by atoms with Crippen molar-refractivity contribution in [1.29, 1.82) is 0 Å². The number of nitrogens with two attached hydrogens (primary N) is 1. The van der Waals surface area contributed by atoms with Crippen LogP contribution in [0.25, 0.3) is 0 Å². The highest BCUT2D eigenvalue weighted by Gasteiger charge is 2.32. The monoisotopic (exact) mass is 316 g/mol. The Hall–Kier alpha value is -0.810. The molecule has 0 spiro atoms. The lowest BCUT2D eigenvalue weighted by Gasteiger charge is -2.38. The van der Waals surface area contributed by atoms with Crippen LogP contribution < -0.4 is 5.73 Å². The fourth-order valence-corrected chi connectivity index (χ4v) is 3.12. The molecule has 0 radical (unpaired) electrons. The smallest absolute Gasteiger partial charge is 0.257 e. The Bertz CT molecular complexity index is 476. The van der Waals surface area contributed by atoms with Gasteiger partial charge in [-0.15, -0.1) is 0 Å². The topological polar surface area (TPSA) is 55.6 Å². The molecular weight excluding hydrogens is 299 g/mol. The van der Waals surface area contributed by atoms with Crippen molar-refractivity contribution >= 4 is 29.1 Å². The van der Waals surface area contributed by atoms with Crippen LogP contribution in [-0.4, -0.2) is 43.2 Å². The Morgan fingerprint density at radius 1 is 1.45 bits per heavy atom. The summed E-state index contributed by atoms with van der Waals surface area (Å²) in [6.45, 7) is 0.994. The summed E-state index contributed by atoms with van der Waals surface area (Å²) in [4.78, 5) is 14.4. The summed E-state index contributed by atoms with van der Waals surface area (Å²) in [6, 6.07) is 5.01. The SMILES string of the molecule is COC1CCN(C(=O)c2c(Cl)cccc2Cl)C(CN)C1. The van der Waals surface area contributed by atoms with Crippen molar-refractivity contribution < 1.29 is 9.53 Å². The lowest BCUT2D eigenvalue weighted by Crippen LogP contribution is -2.51. The van der Waals surface area contributed by atoms with Crippen LogP contribution in [0.4, 0.5) is 0 Å². The first-order valence-corrected chi connectivity index (χ1v) is 7.32. The summed E-state index contributed by atoms with van der Waals surface area (Å²) in [7, 11) is 1.68. The average Bonchev–Trinajstić information content (AvgIpc) is 2.46. The van der Waals surface area contributed by atoms with E-state index in [0.717, 1.165) is 12.8 Å². The van der Waals surface area contributed by atoms with E-state index in [-0.39, 0.29) is 18.1 Å². The van der Waals surface area contributed by atoms with Crippen LogP contribution >= 0.6 is 23.2 Å². The molecular formula is C14H18Cl2N2O2. The second-order valence-corrected chi connectivity index (χ2v) is 5.68. The van der Waals surface area contributed by atoms with Crippen LogP contribution in [0.2, 0.25) is 10.0 Å². The molecule has 1 heterocycles. The zero-order chi connectivity index (χ0) is 14.7. The molecule has 1 aliphatic heterocycles. The lowest BCUT2D eigenvalue weighted by molar-refractivity contribution is 0.0139. The minimum Gasteiger partial charge on any atom is -0.381 e. The van der Waals surface area contributed by atoms with E-state index in [1.165, 1.54) is 0 Å².